The van der Waals surface area contributed by atoms with Gasteiger partial charge in [-0.1, -0.05) is 49.0 Å². The van der Waals surface area contributed by atoms with E-state index in [2.05, 4.69) is 9.97 Å². The van der Waals surface area contributed by atoms with E-state index in [1.54, 1.807) is 23.0 Å². The van der Waals surface area contributed by atoms with Gasteiger partial charge in [-0.2, -0.15) is 0 Å². The fourth-order valence-electron chi connectivity index (χ4n) is 3.64. The van der Waals surface area contributed by atoms with E-state index in [-0.39, 0.29) is 18.1 Å². The summed E-state index contributed by atoms with van der Waals surface area (Å²) < 4.78 is 19.3. The lowest BCUT2D eigenvalue weighted by molar-refractivity contribution is -0.307. The Kier molecular flexibility index (Phi) is 5.08. The van der Waals surface area contributed by atoms with Crippen molar-refractivity contribution in [1.82, 2.24) is 9.97 Å². The van der Waals surface area contributed by atoms with Crippen molar-refractivity contribution in [2.45, 2.75) is 41.9 Å². The van der Waals surface area contributed by atoms with Crippen LogP contribution in [0.2, 0.25) is 0 Å². The molecule has 0 spiro atoms. The van der Waals surface area contributed by atoms with Crippen molar-refractivity contribution < 1.29 is 19.3 Å². The maximum atomic E-state index is 10.9. The summed E-state index contributed by atoms with van der Waals surface area (Å²) in [6, 6.07) is 11.9. The van der Waals surface area contributed by atoms with Gasteiger partial charge in [-0.15, -0.1) is 11.3 Å². The van der Waals surface area contributed by atoms with Crippen LogP contribution in [-0.2, 0) is 14.2 Å². The molecule has 1 aromatic carbocycles. The number of nitrogens with zero attached hydrogens (tertiary/aromatic N) is 2. The van der Waals surface area contributed by atoms with Crippen LogP contribution in [0.5, 0.6) is 0 Å². The SMILES string of the molecule is CC1C(O)[C@@H](Sc2cnc3ncsc3c2)OC2COC(c3ccccc3)O[C@@H]21. The van der Waals surface area contributed by atoms with Gasteiger partial charge in [0.15, 0.2) is 11.9 Å². The van der Waals surface area contributed by atoms with E-state index in [0.29, 0.717) is 6.61 Å². The Hall–Kier alpha value is -1.55. The molecular formula is C20H20N2O4S2. The lowest BCUT2D eigenvalue weighted by atomic mass is 9.91. The van der Waals surface area contributed by atoms with E-state index in [1.165, 1.54) is 11.8 Å². The molecule has 2 aliphatic heterocycles. The monoisotopic (exact) mass is 416 g/mol. The highest BCUT2D eigenvalue weighted by Crippen LogP contribution is 2.41. The lowest BCUT2D eigenvalue weighted by Gasteiger charge is -2.47. The van der Waals surface area contributed by atoms with Gasteiger partial charge in [-0.05, 0) is 6.07 Å². The number of rotatable bonds is 3. The van der Waals surface area contributed by atoms with Crippen molar-refractivity contribution in [1.29, 1.82) is 0 Å². The summed E-state index contributed by atoms with van der Waals surface area (Å²) in [5.74, 6) is -0.0774. The molecule has 4 unspecified atom stereocenters. The third kappa shape index (κ3) is 3.45. The van der Waals surface area contributed by atoms with Crippen molar-refractivity contribution in [3.63, 3.8) is 0 Å². The fourth-order valence-corrected chi connectivity index (χ4v) is 5.54. The molecule has 28 heavy (non-hydrogen) atoms. The van der Waals surface area contributed by atoms with Crippen LogP contribution in [0.25, 0.3) is 10.3 Å². The molecule has 2 fully saturated rings. The first-order valence-electron chi connectivity index (χ1n) is 9.20. The van der Waals surface area contributed by atoms with E-state index in [4.69, 9.17) is 14.2 Å². The number of thioether (sulfide) groups is 1. The van der Waals surface area contributed by atoms with Gasteiger partial charge in [0.05, 0.1) is 29.0 Å². The minimum atomic E-state index is -0.655. The van der Waals surface area contributed by atoms with E-state index in [9.17, 15) is 5.11 Å². The first kappa shape index (κ1) is 18.5. The first-order chi connectivity index (χ1) is 13.7. The van der Waals surface area contributed by atoms with Crippen LogP contribution in [0, 0.1) is 5.92 Å². The average molecular weight is 417 g/mol. The van der Waals surface area contributed by atoms with Crippen LogP contribution in [-0.4, -0.2) is 45.4 Å². The normalized spacial score (nSPS) is 32.9. The summed E-state index contributed by atoms with van der Waals surface area (Å²) in [7, 11) is 0. The number of ether oxygens (including phenoxy) is 3. The quantitative estimate of drug-likeness (QED) is 0.699. The van der Waals surface area contributed by atoms with Crippen molar-refractivity contribution in [3.8, 4) is 0 Å². The lowest BCUT2D eigenvalue weighted by Crippen LogP contribution is -2.57. The molecule has 0 amide bonds. The van der Waals surface area contributed by atoms with Crippen LogP contribution < -0.4 is 0 Å². The number of thiazole rings is 1. The summed E-state index contributed by atoms with van der Waals surface area (Å²) in [6.07, 6.45) is 0.267. The van der Waals surface area contributed by atoms with E-state index < -0.39 is 17.8 Å². The summed E-state index contributed by atoms with van der Waals surface area (Å²) in [5, 5.41) is 10.9. The Labute approximate surface area is 170 Å². The van der Waals surface area contributed by atoms with Crippen LogP contribution in [0.15, 0.2) is 53.0 Å². The Balaban J connectivity index is 1.30. The molecule has 0 bridgehead atoms. The van der Waals surface area contributed by atoms with Gasteiger partial charge in [0.2, 0.25) is 0 Å². The molecule has 0 aliphatic carbocycles. The first-order valence-corrected chi connectivity index (χ1v) is 11.0. The summed E-state index contributed by atoms with van der Waals surface area (Å²) in [4.78, 5) is 9.52. The number of aromatic nitrogens is 2. The molecule has 146 valence electrons. The van der Waals surface area contributed by atoms with Crippen molar-refractivity contribution in [2.24, 2.45) is 5.92 Å². The molecule has 5 rings (SSSR count). The van der Waals surface area contributed by atoms with Crippen molar-refractivity contribution in [2.75, 3.05) is 6.61 Å². The third-order valence-electron chi connectivity index (χ3n) is 5.19. The Morgan fingerprint density at radius 1 is 1.18 bits per heavy atom. The molecule has 4 heterocycles. The molecule has 6 atom stereocenters. The fraction of sp³-hybridized carbons (Fsp3) is 0.400. The Morgan fingerprint density at radius 3 is 2.89 bits per heavy atom. The van der Waals surface area contributed by atoms with Gasteiger partial charge in [0.1, 0.15) is 11.5 Å². The zero-order valence-electron chi connectivity index (χ0n) is 15.2. The topological polar surface area (TPSA) is 73.7 Å². The molecular weight excluding hydrogens is 396 g/mol. The van der Waals surface area contributed by atoms with Gasteiger partial charge in [-0.3, -0.25) is 0 Å². The van der Waals surface area contributed by atoms with E-state index >= 15 is 0 Å². The second kappa shape index (κ2) is 7.70. The predicted molar refractivity (Wildman–Crippen MR) is 107 cm³/mol. The largest absolute Gasteiger partial charge is 0.389 e. The number of aliphatic hydroxyl groups is 1. The minimum Gasteiger partial charge on any atom is -0.389 e. The number of benzene rings is 1. The molecule has 2 saturated heterocycles. The molecule has 0 radical (unpaired) electrons. The summed E-state index contributed by atoms with van der Waals surface area (Å²) in [6.45, 7) is 2.45. The van der Waals surface area contributed by atoms with Gasteiger partial charge < -0.3 is 19.3 Å². The number of fused-ring (bicyclic) bond motifs is 2. The number of hydrogen-bond donors (Lipinski definition) is 1. The van der Waals surface area contributed by atoms with Crippen LogP contribution >= 0.6 is 23.1 Å². The van der Waals surface area contributed by atoms with Crippen LogP contribution in [0.4, 0.5) is 0 Å². The summed E-state index contributed by atoms with van der Waals surface area (Å²) >= 11 is 3.03. The van der Waals surface area contributed by atoms with Gasteiger partial charge >= 0.3 is 0 Å². The highest BCUT2D eigenvalue weighted by atomic mass is 32.2. The molecule has 3 aromatic rings. The number of hydrogen-bond acceptors (Lipinski definition) is 8. The second-order valence-corrected chi connectivity index (χ2v) is 9.09. The Bertz CT molecular complexity index is 952. The van der Waals surface area contributed by atoms with Crippen molar-refractivity contribution >= 4 is 33.4 Å². The number of aliphatic hydroxyl groups excluding tert-OH is 1. The second-order valence-electron chi connectivity index (χ2n) is 7.03. The van der Waals surface area contributed by atoms with Gasteiger partial charge in [-0.25, -0.2) is 9.97 Å². The predicted octanol–water partition coefficient (Wildman–Crippen LogP) is 3.62. The van der Waals surface area contributed by atoms with E-state index in [1.807, 2.05) is 43.3 Å². The molecule has 1 N–H and O–H groups in total. The maximum absolute atomic E-state index is 10.9. The maximum Gasteiger partial charge on any atom is 0.184 e. The van der Waals surface area contributed by atoms with Gasteiger partial charge in [0, 0.05) is 22.6 Å². The van der Waals surface area contributed by atoms with E-state index in [0.717, 1.165) is 20.8 Å². The smallest absolute Gasteiger partial charge is 0.184 e. The van der Waals surface area contributed by atoms with Gasteiger partial charge in [0.25, 0.3) is 0 Å². The molecule has 2 aliphatic rings. The zero-order valence-corrected chi connectivity index (χ0v) is 16.8. The highest BCUT2D eigenvalue weighted by Gasteiger charge is 2.47. The molecule has 2 aromatic heterocycles. The Morgan fingerprint density at radius 2 is 2.04 bits per heavy atom. The van der Waals surface area contributed by atoms with Crippen LogP contribution in [0.3, 0.4) is 0 Å². The zero-order chi connectivity index (χ0) is 19.1. The molecule has 6 nitrogen and oxygen atoms in total. The summed E-state index contributed by atoms with van der Waals surface area (Å²) in [5.41, 5.74) is 3.10. The van der Waals surface area contributed by atoms with Crippen LogP contribution in [0.1, 0.15) is 18.8 Å². The number of pyridine rings is 1. The molecule has 0 saturated carbocycles. The average Bonchev–Trinajstić information content (AvgIpc) is 3.20. The molecule has 8 heteroatoms. The minimum absolute atomic E-state index is 0.0774. The highest BCUT2D eigenvalue weighted by molar-refractivity contribution is 7.99. The standard InChI is InChI=1S/C20H20N2O4S2/c1-11-16(23)20(28-13-7-15-18(21-8-13)22-10-27-15)25-14-9-24-19(26-17(11)14)12-5-3-2-4-6-12/h2-8,10-11,14,16-17,19-20,23H,9H2,1H3/t11?,14?,16?,17-,19?,20-/m1/s1. The van der Waals surface area contributed by atoms with Crippen molar-refractivity contribution in [3.05, 3.63) is 53.7 Å². The third-order valence-corrected chi connectivity index (χ3v) is 7.07.